The second kappa shape index (κ2) is 10.3. The van der Waals surface area contributed by atoms with Crippen molar-refractivity contribution in [2.75, 3.05) is 17.2 Å². The molecule has 0 aromatic heterocycles. The van der Waals surface area contributed by atoms with Gasteiger partial charge in [0.25, 0.3) is 11.8 Å². The summed E-state index contributed by atoms with van der Waals surface area (Å²) in [6.07, 6.45) is 0. The molecule has 7 heteroatoms. The summed E-state index contributed by atoms with van der Waals surface area (Å²) in [7, 11) is 0. The van der Waals surface area contributed by atoms with Gasteiger partial charge < -0.3 is 15.4 Å². The monoisotopic (exact) mass is 454 g/mol. The number of aryl methyl sites for hydroxylation is 1. The van der Waals surface area contributed by atoms with Crippen molar-refractivity contribution >= 4 is 34.8 Å². The zero-order chi connectivity index (χ0) is 23.3. The molecule has 0 aliphatic carbocycles. The molecule has 0 atom stereocenters. The van der Waals surface area contributed by atoms with Gasteiger partial charge in [0.05, 0.1) is 5.02 Å². The number of halogens is 2. The number of benzene rings is 3. The second-order valence-corrected chi connectivity index (χ2v) is 8.10. The largest absolute Gasteiger partial charge is 0.483 e. The van der Waals surface area contributed by atoms with E-state index < -0.39 is 11.7 Å². The number of ether oxygens (including phenoxy) is 1. The first-order chi connectivity index (χ1) is 15.2. The minimum absolute atomic E-state index is 0.0851. The fourth-order valence-corrected chi connectivity index (χ4v) is 3.28. The fraction of sp³-hybridized carbons (Fsp3) is 0.200. The molecule has 0 unspecified atom stereocenters. The van der Waals surface area contributed by atoms with Gasteiger partial charge in [0.2, 0.25) is 0 Å². The third kappa shape index (κ3) is 6.08. The number of rotatable bonds is 7. The van der Waals surface area contributed by atoms with Crippen LogP contribution >= 0.6 is 11.6 Å². The van der Waals surface area contributed by atoms with E-state index in [-0.39, 0.29) is 23.5 Å². The number of carbonyl (C=O) groups excluding carboxylic acids is 2. The summed E-state index contributed by atoms with van der Waals surface area (Å²) in [4.78, 5) is 24.9. The van der Waals surface area contributed by atoms with Gasteiger partial charge in [0.15, 0.2) is 6.61 Å². The van der Waals surface area contributed by atoms with Crippen molar-refractivity contribution in [3.8, 4) is 5.75 Å². The predicted molar refractivity (Wildman–Crippen MR) is 125 cm³/mol. The average Bonchev–Trinajstić information content (AvgIpc) is 2.75. The molecule has 3 aromatic carbocycles. The third-order valence-corrected chi connectivity index (χ3v) is 5.03. The average molecular weight is 455 g/mol. The van der Waals surface area contributed by atoms with E-state index in [1.165, 1.54) is 18.2 Å². The highest BCUT2D eigenvalue weighted by Crippen LogP contribution is 2.27. The Morgan fingerprint density at radius 1 is 1.00 bits per heavy atom. The van der Waals surface area contributed by atoms with E-state index in [1.54, 1.807) is 24.3 Å². The van der Waals surface area contributed by atoms with Crippen molar-refractivity contribution in [2.45, 2.75) is 26.7 Å². The topological polar surface area (TPSA) is 67.4 Å². The maximum Gasteiger partial charge on any atom is 0.262 e. The van der Waals surface area contributed by atoms with Crippen molar-refractivity contribution in [3.63, 3.8) is 0 Å². The van der Waals surface area contributed by atoms with E-state index in [1.807, 2.05) is 25.1 Å². The zero-order valence-corrected chi connectivity index (χ0v) is 18.8. The lowest BCUT2D eigenvalue weighted by Gasteiger charge is -2.15. The summed E-state index contributed by atoms with van der Waals surface area (Å²) < 4.78 is 19.0. The smallest absolute Gasteiger partial charge is 0.262 e. The van der Waals surface area contributed by atoms with Crippen LogP contribution in [0, 0.1) is 12.7 Å². The Labute approximate surface area is 191 Å². The molecule has 0 aliphatic heterocycles. The van der Waals surface area contributed by atoms with E-state index in [4.69, 9.17) is 16.3 Å². The molecule has 5 nitrogen and oxygen atoms in total. The molecule has 166 valence electrons. The maximum atomic E-state index is 13.3. The lowest BCUT2D eigenvalue weighted by Crippen LogP contribution is -2.21. The molecule has 0 fully saturated rings. The Morgan fingerprint density at radius 2 is 1.75 bits per heavy atom. The standard InChI is InChI=1S/C25H24ClFN2O3/c1-15(2)20-9-7-16(3)11-23(20)32-14-24(30)28-18-6-4-5-17(12-18)25(31)29-19-8-10-22(27)21(26)13-19/h4-13,15H,14H2,1-3H3,(H,28,30)(H,29,31). The van der Waals surface area contributed by atoms with Crippen molar-refractivity contribution in [1.82, 2.24) is 0 Å². The Bertz CT molecular complexity index is 1150. The van der Waals surface area contributed by atoms with Crippen molar-refractivity contribution in [3.05, 3.63) is 88.2 Å². The van der Waals surface area contributed by atoms with Crippen molar-refractivity contribution < 1.29 is 18.7 Å². The van der Waals surface area contributed by atoms with Gasteiger partial charge in [-0.2, -0.15) is 0 Å². The summed E-state index contributed by atoms with van der Waals surface area (Å²) >= 11 is 5.75. The third-order valence-electron chi connectivity index (χ3n) is 4.74. The molecule has 2 amide bonds. The first-order valence-corrected chi connectivity index (χ1v) is 10.5. The van der Waals surface area contributed by atoms with Crippen LogP contribution in [0.25, 0.3) is 0 Å². The summed E-state index contributed by atoms with van der Waals surface area (Å²) in [6, 6.07) is 16.3. The lowest BCUT2D eigenvalue weighted by atomic mass is 10.0. The van der Waals surface area contributed by atoms with Gasteiger partial charge in [0, 0.05) is 16.9 Å². The number of hydrogen-bond acceptors (Lipinski definition) is 3. The van der Waals surface area contributed by atoms with Crippen molar-refractivity contribution in [1.29, 1.82) is 0 Å². The predicted octanol–water partition coefficient (Wildman–Crippen LogP) is 6.18. The molecule has 2 N–H and O–H groups in total. The number of anilines is 2. The summed E-state index contributed by atoms with van der Waals surface area (Å²) in [5, 5.41) is 5.30. The minimum Gasteiger partial charge on any atom is -0.483 e. The van der Waals surface area contributed by atoms with E-state index in [0.717, 1.165) is 11.1 Å². The van der Waals surface area contributed by atoms with Crippen molar-refractivity contribution in [2.24, 2.45) is 0 Å². The molecule has 0 aliphatic rings. The Kier molecular flexibility index (Phi) is 7.49. The molecule has 0 spiro atoms. The van der Waals surface area contributed by atoms with Crippen LogP contribution in [0.2, 0.25) is 5.02 Å². The van der Waals surface area contributed by atoms with Crippen LogP contribution in [0.4, 0.5) is 15.8 Å². The Balaban J connectivity index is 1.63. The zero-order valence-electron chi connectivity index (χ0n) is 18.0. The number of amides is 2. The van der Waals surface area contributed by atoms with Gasteiger partial charge in [-0.25, -0.2) is 4.39 Å². The normalized spacial score (nSPS) is 10.7. The Morgan fingerprint density at radius 3 is 2.47 bits per heavy atom. The van der Waals surface area contributed by atoms with Crippen LogP contribution in [-0.4, -0.2) is 18.4 Å². The first-order valence-electron chi connectivity index (χ1n) is 10.1. The molecule has 3 rings (SSSR count). The van der Waals surface area contributed by atoms with Crippen LogP contribution < -0.4 is 15.4 Å². The van der Waals surface area contributed by atoms with Gasteiger partial charge >= 0.3 is 0 Å². The van der Waals surface area contributed by atoms with E-state index >= 15 is 0 Å². The van der Waals surface area contributed by atoms with Gasteiger partial charge in [-0.1, -0.05) is 43.6 Å². The summed E-state index contributed by atoms with van der Waals surface area (Å²) in [5.74, 6) is -0.380. The minimum atomic E-state index is -0.567. The van der Waals surface area contributed by atoms with Gasteiger partial charge in [0.1, 0.15) is 11.6 Å². The van der Waals surface area contributed by atoms with E-state index in [2.05, 4.69) is 24.5 Å². The lowest BCUT2D eigenvalue weighted by molar-refractivity contribution is -0.118. The fourth-order valence-electron chi connectivity index (χ4n) is 3.10. The molecule has 32 heavy (non-hydrogen) atoms. The molecule has 0 saturated carbocycles. The maximum absolute atomic E-state index is 13.3. The molecular formula is C25H24ClFN2O3. The highest BCUT2D eigenvalue weighted by molar-refractivity contribution is 6.31. The van der Waals surface area contributed by atoms with Crippen LogP contribution in [0.3, 0.4) is 0 Å². The molecule has 0 radical (unpaired) electrons. The van der Waals surface area contributed by atoms with Crippen LogP contribution in [0.1, 0.15) is 41.3 Å². The molecular weight excluding hydrogens is 431 g/mol. The van der Waals surface area contributed by atoms with Crippen LogP contribution in [0.15, 0.2) is 60.7 Å². The molecule has 0 saturated heterocycles. The first kappa shape index (κ1) is 23.3. The number of hydrogen-bond donors (Lipinski definition) is 2. The van der Waals surface area contributed by atoms with Gasteiger partial charge in [-0.05, 0) is 66.4 Å². The van der Waals surface area contributed by atoms with Gasteiger partial charge in [-0.3, -0.25) is 9.59 Å². The van der Waals surface area contributed by atoms with Crippen LogP contribution in [0.5, 0.6) is 5.75 Å². The SMILES string of the molecule is Cc1ccc(C(C)C)c(OCC(=O)Nc2cccc(C(=O)Nc3ccc(F)c(Cl)c3)c2)c1. The molecule has 0 bridgehead atoms. The quantitative estimate of drug-likeness (QED) is 0.448. The molecule has 3 aromatic rings. The number of nitrogens with one attached hydrogen (secondary N) is 2. The highest BCUT2D eigenvalue weighted by atomic mass is 35.5. The molecule has 0 heterocycles. The van der Waals surface area contributed by atoms with E-state index in [0.29, 0.717) is 22.7 Å². The summed E-state index contributed by atoms with van der Waals surface area (Å²) in [5.41, 5.74) is 3.22. The van der Waals surface area contributed by atoms with Gasteiger partial charge in [-0.15, -0.1) is 0 Å². The Hall–Kier alpha value is -3.38. The van der Waals surface area contributed by atoms with Crippen LogP contribution in [-0.2, 0) is 4.79 Å². The number of carbonyl (C=O) groups is 2. The summed E-state index contributed by atoms with van der Waals surface area (Å²) in [6.45, 7) is 5.93. The second-order valence-electron chi connectivity index (χ2n) is 7.70. The van der Waals surface area contributed by atoms with E-state index in [9.17, 15) is 14.0 Å². The highest BCUT2D eigenvalue weighted by Gasteiger charge is 2.12.